The van der Waals surface area contributed by atoms with Crippen molar-refractivity contribution in [1.29, 1.82) is 0 Å². The number of anilines is 1. The van der Waals surface area contributed by atoms with Crippen molar-refractivity contribution in [3.63, 3.8) is 0 Å². The van der Waals surface area contributed by atoms with Crippen LogP contribution in [0.5, 0.6) is 0 Å². The van der Waals surface area contributed by atoms with Crippen molar-refractivity contribution < 1.29 is 8.42 Å². The molecule has 1 saturated carbocycles. The molecule has 14 heavy (non-hydrogen) atoms. The molecule has 0 spiro atoms. The molecule has 1 fully saturated rings. The van der Waals surface area contributed by atoms with E-state index in [1.807, 2.05) is 0 Å². The molecule has 4 nitrogen and oxygen atoms in total. The van der Waals surface area contributed by atoms with Crippen LogP contribution in [0.2, 0.25) is 0 Å². The quantitative estimate of drug-likeness (QED) is 0.725. The van der Waals surface area contributed by atoms with E-state index in [-0.39, 0.29) is 10.9 Å². The first kappa shape index (κ1) is 9.48. The van der Waals surface area contributed by atoms with Crippen LogP contribution in [-0.2, 0) is 10.0 Å². The van der Waals surface area contributed by atoms with E-state index in [9.17, 15) is 8.42 Å². The third-order valence-electron chi connectivity index (χ3n) is 2.07. The van der Waals surface area contributed by atoms with E-state index >= 15 is 0 Å². The van der Waals surface area contributed by atoms with Gasteiger partial charge in [-0.2, -0.15) is 0 Å². The number of hydrogen-bond donors (Lipinski definition) is 2. The maximum absolute atomic E-state index is 11.7. The highest BCUT2D eigenvalue weighted by atomic mass is 32.2. The van der Waals surface area contributed by atoms with Gasteiger partial charge >= 0.3 is 0 Å². The molecule has 0 unspecified atom stereocenters. The minimum atomic E-state index is -3.35. The zero-order valence-electron chi connectivity index (χ0n) is 7.60. The van der Waals surface area contributed by atoms with Crippen molar-refractivity contribution in [1.82, 2.24) is 4.72 Å². The normalized spacial score (nSPS) is 16.9. The molecule has 5 heteroatoms. The fourth-order valence-corrected chi connectivity index (χ4v) is 2.53. The minimum Gasteiger partial charge on any atom is -0.399 e. The molecule has 0 aliphatic heterocycles. The van der Waals surface area contributed by atoms with E-state index in [0.717, 1.165) is 12.8 Å². The lowest BCUT2D eigenvalue weighted by Gasteiger charge is -2.05. The lowest BCUT2D eigenvalue weighted by Crippen LogP contribution is -2.25. The number of nitrogens with one attached hydrogen (secondary N) is 1. The van der Waals surface area contributed by atoms with Gasteiger partial charge in [-0.25, -0.2) is 13.1 Å². The molecule has 1 aliphatic carbocycles. The maximum Gasteiger partial charge on any atom is 0.240 e. The number of sulfonamides is 1. The maximum atomic E-state index is 11.7. The van der Waals surface area contributed by atoms with Crippen LogP contribution in [0.1, 0.15) is 12.8 Å². The first-order valence-electron chi connectivity index (χ1n) is 4.46. The van der Waals surface area contributed by atoms with Crippen LogP contribution in [0.15, 0.2) is 29.2 Å². The predicted molar refractivity (Wildman–Crippen MR) is 54.2 cm³/mol. The smallest absolute Gasteiger partial charge is 0.240 e. The van der Waals surface area contributed by atoms with Crippen molar-refractivity contribution in [2.45, 2.75) is 23.8 Å². The van der Waals surface area contributed by atoms with Gasteiger partial charge in [-0.3, -0.25) is 0 Å². The third kappa shape index (κ3) is 2.05. The van der Waals surface area contributed by atoms with Crippen LogP contribution in [0.4, 0.5) is 5.69 Å². The van der Waals surface area contributed by atoms with Crippen LogP contribution < -0.4 is 10.5 Å². The molecular formula is C9H12N2O2S. The van der Waals surface area contributed by atoms with Gasteiger partial charge in [-0.15, -0.1) is 0 Å². The number of nitrogens with two attached hydrogens (primary N) is 1. The SMILES string of the molecule is Nc1cccc(S(=O)(=O)NC2CC2)c1. The fraction of sp³-hybridized carbons (Fsp3) is 0.333. The lowest BCUT2D eigenvalue weighted by atomic mass is 10.3. The van der Waals surface area contributed by atoms with Gasteiger partial charge in [-0.05, 0) is 31.0 Å². The molecule has 0 radical (unpaired) electrons. The van der Waals surface area contributed by atoms with Crippen molar-refractivity contribution in [2.75, 3.05) is 5.73 Å². The molecular weight excluding hydrogens is 200 g/mol. The van der Waals surface area contributed by atoms with Crippen molar-refractivity contribution in [3.05, 3.63) is 24.3 Å². The molecule has 76 valence electrons. The first-order chi connectivity index (χ1) is 6.58. The van der Waals surface area contributed by atoms with Crippen molar-refractivity contribution >= 4 is 15.7 Å². The Labute approximate surface area is 83.2 Å². The Bertz CT molecular complexity index is 438. The Balaban J connectivity index is 2.28. The Morgan fingerprint density at radius 2 is 2.07 bits per heavy atom. The molecule has 0 saturated heterocycles. The summed E-state index contributed by atoms with van der Waals surface area (Å²) in [5.41, 5.74) is 5.97. The highest BCUT2D eigenvalue weighted by Gasteiger charge is 2.27. The summed E-state index contributed by atoms with van der Waals surface area (Å²) in [5.74, 6) is 0. The highest BCUT2D eigenvalue weighted by Crippen LogP contribution is 2.22. The molecule has 2 rings (SSSR count). The molecule has 1 aliphatic rings. The van der Waals surface area contributed by atoms with Gasteiger partial charge in [0.1, 0.15) is 0 Å². The van der Waals surface area contributed by atoms with Crippen LogP contribution in [0, 0.1) is 0 Å². The van der Waals surface area contributed by atoms with Crippen LogP contribution >= 0.6 is 0 Å². The van der Waals surface area contributed by atoms with Gasteiger partial charge < -0.3 is 5.73 Å². The standard InChI is InChI=1S/C9H12N2O2S/c10-7-2-1-3-9(6-7)14(12,13)11-8-4-5-8/h1-3,6,8,11H,4-5,10H2. The summed E-state index contributed by atoms with van der Waals surface area (Å²) >= 11 is 0. The average molecular weight is 212 g/mol. The topological polar surface area (TPSA) is 72.2 Å². The van der Waals surface area contributed by atoms with E-state index in [2.05, 4.69) is 4.72 Å². The molecule has 0 aromatic heterocycles. The van der Waals surface area contributed by atoms with E-state index in [0.29, 0.717) is 5.69 Å². The zero-order valence-corrected chi connectivity index (χ0v) is 8.42. The highest BCUT2D eigenvalue weighted by molar-refractivity contribution is 7.89. The lowest BCUT2D eigenvalue weighted by molar-refractivity contribution is 0.581. The zero-order chi connectivity index (χ0) is 10.2. The molecule has 0 atom stereocenters. The fourth-order valence-electron chi connectivity index (χ4n) is 1.17. The largest absolute Gasteiger partial charge is 0.399 e. The van der Waals surface area contributed by atoms with Crippen molar-refractivity contribution in [3.8, 4) is 0 Å². The Morgan fingerprint density at radius 1 is 1.36 bits per heavy atom. The molecule has 0 amide bonds. The summed E-state index contributed by atoms with van der Waals surface area (Å²) in [4.78, 5) is 0.240. The summed E-state index contributed by atoms with van der Waals surface area (Å²) in [6, 6.07) is 6.43. The van der Waals surface area contributed by atoms with E-state index in [1.165, 1.54) is 6.07 Å². The summed E-state index contributed by atoms with van der Waals surface area (Å²) in [5, 5.41) is 0. The number of nitrogen functional groups attached to an aromatic ring is 1. The minimum absolute atomic E-state index is 0.126. The molecule has 1 aromatic rings. The first-order valence-corrected chi connectivity index (χ1v) is 5.94. The summed E-state index contributed by atoms with van der Waals surface area (Å²) in [6.45, 7) is 0. The number of hydrogen-bond acceptors (Lipinski definition) is 3. The van der Waals surface area contributed by atoms with Crippen LogP contribution in [0.25, 0.3) is 0 Å². The number of benzene rings is 1. The second-order valence-corrected chi connectivity index (χ2v) is 5.18. The molecule has 3 N–H and O–H groups in total. The third-order valence-corrected chi connectivity index (χ3v) is 3.59. The molecule has 0 bridgehead atoms. The van der Waals surface area contributed by atoms with E-state index < -0.39 is 10.0 Å². The number of rotatable bonds is 3. The van der Waals surface area contributed by atoms with Gasteiger partial charge in [0.05, 0.1) is 4.90 Å². The second-order valence-electron chi connectivity index (χ2n) is 3.47. The van der Waals surface area contributed by atoms with Crippen LogP contribution in [-0.4, -0.2) is 14.5 Å². The summed E-state index contributed by atoms with van der Waals surface area (Å²) < 4.78 is 25.9. The van der Waals surface area contributed by atoms with Gasteiger partial charge in [-0.1, -0.05) is 6.07 Å². The summed E-state index contributed by atoms with van der Waals surface area (Å²) in [6.07, 6.45) is 1.86. The predicted octanol–water partition coefficient (Wildman–Crippen LogP) is 0.709. The van der Waals surface area contributed by atoms with Gasteiger partial charge in [0.2, 0.25) is 10.0 Å². The van der Waals surface area contributed by atoms with Crippen LogP contribution in [0.3, 0.4) is 0 Å². The molecule has 1 aromatic carbocycles. The van der Waals surface area contributed by atoms with Gasteiger partial charge in [0.25, 0.3) is 0 Å². The van der Waals surface area contributed by atoms with Crippen molar-refractivity contribution in [2.24, 2.45) is 0 Å². The van der Waals surface area contributed by atoms with E-state index in [1.54, 1.807) is 18.2 Å². The van der Waals surface area contributed by atoms with Gasteiger partial charge in [0.15, 0.2) is 0 Å². The molecule has 0 heterocycles. The average Bonchev–Trinajstić information content (AvgIpc) is 2.87. The van der Waals surface area contributed by atoms with Gasteiger partial charge in [0, 0.05) is 11.7 Å². The monoisotopic (exact) mass is 212 g/mol. The van der Waals surface area contributed by atoms with E-state index in [4.69, 9.17) is 5.73 Å². The summed E-state index contributed by atoms with van der Waals surface area (Å²) in [7, 11) is -3.35. The second kappa shape index (κ2) is 3.25. The Hall–Kier alpha value is -1.07. The Morgan fingerprint density at radius 3 is 2.64 bits per heavy atom. The Kier molecular flexibility index (Phi) is 2.20.